The fourth-order valence-electron chi connectivity index (χ4n) is 2.98. The first kappa shape index (κ1) is 14.5. The average Bonchev–Trinajstić information content (AvgIpc) is 3.33. The van der Waals surface area contributed by atoms with Crippen molar-refractivity contribution in [2.24, 2.45) is 0 Å². The number of carbonyl (C=O) groups excluding carboxylic acids is 1. The summed E-state index contributed by atoms with van der Waals surface area (Å²) in [6.45, 7) is 0.837. The maximum Gasteiger partial charge on any atom is 0.251 e. The first-order valence-electron chi connectivity index (χ1n) is 7.37. The fourth-order valence-corrected chi connectivity index (χ4v) is 4.32. The van der Waals surface area contributed by atoms with Gasteiger partial charge in [0.1, 0.15) is 23.0 Å². The second-order valence-electron chi connectivity index (χ2n) is 5.40. The van der Waals surface area contributed by atoms with Crippen LogP contribution in [-0.4, -0.2) is 40.5 Å². The van der Waals surface area contributed by atoms with Crippen LogP contribution >= 0.6 is 22.7 Å². The van der Waals surface area contributed by atoms with Crippen LogP contribution in [-0.2, 0) is 4.79 Å². The summed E-state index contributed by atoms with van der Waals surface area (Å²) in [6.07, 6.45) is 5.12. The molecule has 0 aliphatic carbocycles. The van der Waals surface area contributed by atoms with Gasteiger partial charge in [-0.15, -0.1) is 22.7 Å². The number of anilines is 2. The minimum atomic E-state index is -0.193. The van der Waals surface area contributed by atoms with E-state index in [0.29, 0.717) is 0 Å². The molecule has 3 aromatic rings. The number of fused-ring (bicyclic) bond motifs is 1. The van der Waals surface area contributed by atoms with Crippen LogP contribution in [0.1, 0.15) is 12.8 Å². The first-order chi connectivity index (χ1) is 11.3. The molecule has 4 heterocycles. The Kier molecular flexibility index (Phi) is 3.70. The number of likely N-dealkylation sites (N-methyl/N-ethyl adjacent to an activating group) is 1. The summed E-state index contributed by atoms with van der Waals surface area (Å²) in [7, 11) is 1.79. The Morgan fingerprint density at radius 1 is 1.30 bits per heavy atom. The fraction of sp³-hybridized carbons (Fsp3) is 0.333. The van der Waals surface area contributed by atoms with Crippen molar-refractivity contribution in [2.75, 3.05) is 23.4 Å². The lowest BCUT2D eigenvalue weighted by Crippen LogP contribution is -2.44. The second kappa shape index (κ2) is 5.86. The highest BCUT2D eigenvalue weighted by Gasteiger charge is 2.35. The van der Waals surface area contributed by atoms with E-state index in [0.717, 1.165) is 40.6 Å². The van der Waals surface area contributed by atoms with Crippen LogP contribution in [0, 0.1) is 0 Å². The Labute approximate surface area is 141 Å². The molecule has 1 amide bonds. The zero-order valence-corrected chi connectivity index (χ0v) is 14.2. The highest BCUT2D eigenvalue weighted by Crippen LogP contribution is 2.32. The van der Waals surface area contributed by atoms with Gasteiger partial charge in [-0.1, -0.05) is 0 Å². The van der Waals surface area contributed by atoms with Crippen molar-refractivity contribution in [3.05, 3.63) is 29.4 Å². The largest absolute Gasteiger partial charge is 0.344 e. The number of thiazole rings is 1. The van der Waals surface area contributed by atoms with Crippen LogP contribution in [0.4, 0.5) is 10.9 Å². The molecule has 1 aliphatic rings. The lowest BCUT2D eigenvalue weighted by molar-refractivity contribution is -0.119. The zero-order chi connectivity index (χ0) is 15.8. The lowest BCUT2D eigenvalue weighted by Gasteiger charge is -2.28. The van der Waals surface area contributed by atoms with Gasteiger partial charge in [-0.25, -0.2) is 15.0 Å². The minimum absolute atomic E-state index is 0.0689. The van der Waals surface area contributed by atoms with Crippen molar-refractivity contribution in [2.45, 2.75) is 18.9 Å². The van der Waals surface area contributed by atoms with Gasteiger partial charge in [0.15, 0.2) is 5.13 Å². The molecule has 1 saturated heterocycles. The van der Waals surface area contributed by atoms with E-state index in [1.54, 1.807) is 35.8 Å². The van der Waals surface area contributed by atoms with E-state index in [1.165, 1.54) is 11.3 Å². The molecule has 1 aliphatic heterocycles. The van der Waals surface area contributed by atoms with E-state index in [4.69, 9.17) is 0 Å². The molecule has 0 radical (unpaired) electrons. The number of nitrogens with zero attached hydrogens (tertiary/aromatic N) is 5. The molecule has 1 fully saturated rings. The van der Waals surface area contributed by atoms with Crippen LogP contribution < -0.4 is 9.80 Å². The van der Waals surface area contributed by atoms with E-state index in [1.807, 2.05) is 16.8 Å². The van der Waals surface area contributed by atoms with Gasteiger partial charge >= 0.3 is 0 Å². The number of hydrogen-bond acceptors (Lipinski definition) is 7. The number of carbonyl (C=O) groups is 1. The molecule has 118 valence electrons. The topological polar surface area (TPSA) is 62.2 Å². The molecule has 0 saturated carbocycles. The number of aromatic nitrogens is 3. The van der Waals surface area contributed by atoms with Gasteiger partial charge in [-0.2, -0.15) is 0 Å². The van der Waals surface area contributed by atoms with Crippen molar-refractivity contribution in [3.63, 3.8) is 0 Å². The highest BCUT2D eigenvalue weighted by atomic mass is 32.1. The summed E-state index contributed by atoms with van der Waals surface area (Å²) in [5.74, 6) is 0.930. The van der Waals surface area contributed by atoms with Crippen LogP contribution in [0.3, 0.4) is 0 Å². The lowest BCUT2D eigenvalue weighted by atomic mass is 10.2. The predicted molar refractivity (Wildman–Crippen MR) is 93.3 cm³/mol. The summed E-state index contributed by atoms with van der Waals surface area (Å²) in [5, 5.41) is 5.64. The zero-order valence-electron chi connectivity index (χ0n) is 12.5. The van der Waals surface area contributed by atoms with Crippen molar-refractivity contribution < 1.29 is 4.79 Å². The molecule has 6 nitrogen and oxygen atoms in total. The molecular weight excluding hydrogens is 330 g/mol. The molecule has 8 heteroatoms. The van der Waals surface area contributed by atoms with Crippen molar-refractivity contribution in [1.82, 2.24) is 15.0 Å². The van der Waals surface area contributed by atoms with Crippen LogP contribution in [0.25, 0.3) is 10.2 Å². The first-order valence-corrected chi connectivity index (χ1v) is 9.13. The number of amides is 1. The highest BCUT2D eigenvalue weighted by molar-refractivity contribution is 7.16. The molecule has 4 rings (SSSR count). The summed E-state index contributed by atoms with van der Waals surface area (Å²) in [5.41, 5.74) is 0. The molecule has 23 heavy (non-hydrogen) atoms. The van der Waals surface area contributed by atoms with Gasteiger partial charge in [-0.05, 0) is 24.3 Å². The predicted octanol–water partition coefficient (Wildman–Crippen LogP) is 2.78. The van der Waals surface area contributed by atoms with E-state index in [2.05, 4.69) is 19.9 Å². The van der Waals surface area contributed by atoms with Crippen LogP contribution in [0.2, 0.25) is 0 Å². The second-order valence-corrected chi connectivity index (χ2v) is 7.17. The third-order valence-electron chi connectivity index (χ3n) is 4.09. The summed E-state index contributed by atoms with van der Waals surface area (Å²) in [6, 6.07) is 1.83. The van der Waals surface area contributed by atoms with Gasteiger partial charge in [0, 0.05) is 25.2 Å². The maximum atomic E-state index is 12.9. The van der Waals surface area contributed by atoms with Crippen LogP contribution in [0.5, 0.6) is 0 Å². The molecule has 0 bridgehead atoms. The third-order valence-corrected chi connectivity index (χ3v) is 5.76. The summed E-state index contributed by atoms with van der Waals surface area (Å²) < 4.78 is 0. The molecule has 0 N–H and O–H groups in total. The van der Waals surface area contributed by atoms with E-state index in [-0.39, 0.29) is 11.9 Å². The minimum Gasteiger partial charge on any atom is -0.344 e. The van der Waals surface area contributed by atoms with Gasteiger partial charge < -0.3 is 4.90 Å². The Hall–Kier alpha value is -2.06. The Balaban J connectivity index is 1.66. The monoisotopic (exact) mass is 345 g/mol. The normalized spacial score (nSPS) is 17.8. The van der Waals surface area contributed by atoms with Crippen molar-refractivity contribution >= 4 is 49.7 Å². The van der Waals surface area contributed by atoms with Gasteiger partial charge in [0.25, 0.3) is 5.91 Å². The van der Waals surface area contributed by atoms with E-state index in [9.17, 15) is 4.79 Å². The number of hydrogen-bond donors (Lipinski definition) is 0. The molecule has 0 unspecified atom stereocenters. The number of rotatable bonds is 3. The van der Waals surface area contributed by atoms with Gasteiger partial charge in [0.05, 0.1) is 5.39 Å². The smallest absolute Gasteiger partial charge is 0.251 e. The molecule has 3 aromatic heterocycles. The molecule has 0 aromatic carbocycles. The standard InChI is InChI=1S/C15H15N5OS2/c1-19(15-16-5-8-23-15)14(21)11-3-2-6-20(11)12-10-4-7-22-13(10)18-9-17-12/h4-5,7-9,11H,2-3,6H2,1H3/t11-/m1/s1. The SMILES string of the molecule is CN(C(=O)[C@H]1CCCN1c1ncnc2sccc12)c1nccs1. The average molecular weight is 345 g/mol. The molecule has 0 spiro atoms. The maximum absolute atomic E-state index is 12.9. The summed E-state index contributed by atoms with van der Waals surface area (Å²) in [4.78, 5) is 30.6. The van der Waals surface area contributed by atoms with Crippen molar-refractivity contribution in [1.29, 1.82) is 0 Å². The Morgan fingerprint density at radius 2 is 2.22 bits per heavy atom. The Bertz CT molecular complexity index is 831. The van der Waals surface area contributed by atoms with Crippen molar-refractivity contribution in [3.8, 4) is 0 Å². The van der Waals surface area contributed by atoms with E-state index >= 15 is 0 Å². The number of thiophene rings is 1. The van der Waals surface area contributed by atoms with Crippen LogP contribution in [0.15, 0.2) is 29.4 Å². The molecule has 1 atom stereocenters. The summed E-state index contributed by atoms with van der Waals surface area (Å²) >= 11 is 3.06. The van der Waals surface area contributed by atoms with Gasteiger partial charge in [0.2, 0.25) is 0 Å². The quantitative estimate of drug-likeness (QED) is 0.730. The third kappa shape index (κ3) is 2.47. The van der Waals surface area contributed by atoms with E-state index < -0.39 is 0 Å². The molecular formula is C15H15N5OS2. The Morgan fingerprint density at radius 3 is 3.04 bits per heavy atom. The van der Waals surface area contributed by atoms with Gasteiger partial charge in [-0.3, -0.25) is 9.69 Å².